The summed E-state index contributed by atoms with van der Waals surface area (Å²) in [6, 6.07) is 9.63. The molecule has 3 rings (SSSR count). The van der Waals surface area contributed by atoms with E-state index < -0.39 is 0 Å². The highest BCUT2D eigenvalue weighted by Gasteiger charge is 2.16. The van der Waals surface area contributed by atoms with Gasteiger partial charge in [0.2, 0.25) is 5.91 Å². The van der Waals surface area contributed by atoms with E-state index in [0.29, 0.717) is 24.9 Å². The zero-order chi connectivity index (χ0) is 16.8. The van der Waals surface area contributed by atoms with Crippen LogP contribution in [0.25, 0.3) is 0 Å². The molecule has 0 aliphatic carbocycles. The van der Waals surface area contributed by atoms with Gasteiger partial charge in [-0.2, -0.15) is 0 Å². The fraction of sp³-hybridized carbons (Fsp3) is 0.412. The van der Waals surface area contributed by atoms with Crippen LogP contribution in [-0.2, 0) is 9.53 Å². The van der Waals surface area contributed by atoms with E-state index in [2.05, 4.69) is 15.2 Å². The fourth-order valence-electron chi connectivity index (χ4n) is 2.42. The highest BCUT2D eigenvalue weighted by molar-refractivity contribution is 7.13. The maximum Gasteiger partial charge on any atom is 0.240 e. The van der Waals surface area contributed by atoms with Crippen molar-refractivity contribution in [2.24, 2.45) is 0 Å². The van der Waals surface area contributed by atoms with E-state index in [4.69, 9.17) is 9.47 Å². The summed E-state index contributed by atoms with van der Waals surface area (Å²) in [7, 11) is 0. The van der Waals surface area contributed by atoms with Crippen molar-refractivity contribution in [1.82, 2.24) is 9.88 Å². The van der Waals surface area contributed by atoms with Crippen molar-refractivity contribution in [1.29, 1.82) is 0 Å². The number of hydrogen-bond donors (Lipinski definition) is 1. The third kappa shape index (κ3) is 4.77. The Labute approximate surface area is 145 Å². The number of carbonyl (C=O) groups excluding carboxylic acids is 1. The number of para-hydroxylation sites is 1. The van der Waals surface area contributed by atoms with Crippen molar-refractivity contribution in [2.45, 2.75) is 13.0 Å². The van der Waals surface area contributed by atoms with E-state index in [1.807, 2.05) is 42.6 Å². The van der Waals surface area contributed by atoms with Gasteiger partial charge in [-0.15, -0.1) is 11.3 Å². The minimum absolute atomic E-state index is 0.0468. The number of benzene rings is 1. The molecule has 0 spiro atoms. The number of nitrogens with zero attached hydrogens (tertiary/aromatic N) is 2. The molecule has 1 aliphatic heterocycles. The zero-order valence-corrected chi connectivity index (χ0v) is 14.4. The lowest BCUT2D eigenvalue weighted by Gasteiger charge is -2.25. The lowest BCUT2D eigenvalue weighted by atomic mass is 10.3. The van der Waals surface area contributed by atoms with Crippen molar-refractivity contribution in [3.05, 3.63) is 41.4 Å². The highest BCUT2D eigenvalue weighted by atomic mass is 32.1. The van der Waals surface area contributed by atoms with Gasteiger partial charge in [-0.25, -0.2) is 4.98 Å². The molecule has 1 aliphatic rings. The lowest BCUT2D eigenvalue weighted by molar-refractivity contribution is -0.118. The summed E-state index contributed by atoms with van der Waals surface area (Å²) in [4.78, 5) is 18.6. The molecule has 6 nitrogen and oxygen atoms in total. The zero-order valence-electron chi connectivity index (χ0n) is 13.6. The van der Waals surface area contributed by atoms with E-state index in [9.17, 15) is 4.79 Å². The summed E-state index contributed by atoms with van der Waals surface area (Å²) in [5.74, 6) is 0.755. The molecule has 24 heavy (non-hydrogen) atoms. The summed E-state index contributed by atoms with van der Waals surface area (Å²) in [6.07, 6.45) is -0.173. The standard InChI is InChI=1S/C17H21N3O3S/c1-13(23-14-5-3-2-4-6-14)15-12-24-17(18-15)19-16(21)11-20-7-9-22-10-8-20/h2-6,12-13H,7-11H2,1H3,(H,18,19,21). The molecule has 7 heteroatoms. The Hall–Kier alpha value is -1.96. The molecule has 1 saturated heterocycles. The van der Waals surface area contributed by atoms with Crippen LogP contribution in [-0.4, -0.2) is 48.6 Å². The van der Waals surface area contributed by atoms with Crippen LogP contribution in [0.3, 0.4) is 0 Å². The number of nitrogens with one attached hydrogen (secondary N) is 1. The van der Waals surface area contributed by atoms with Gasteiger partial charge >= 0.3 is 0 Å². The molecular formula is C17H21N3O3S. The molecule has 1 fully saturated rings. The SMILES string of the molecule is CC(Oc1ccccc1)c1csc(NC(=O)CN2CCOCC2)n1. The van der Waals surface area contributed by atoms with E-state index in [1.165, 1.54) is 11.3 Å². The number of rotatable bonds is 6. The monoisotopic (exact) mass is 347 g/mol. The summed E-state index contributed by atoms with van der Waals surface area (Å²) >= 11 is 1.41. The van der Waals surface area contributed by atoms with Gasteiger partial charge in [0, 0.05) is 18.5 Å². The summed E-state index contributed by atoms with van der Waals surface area (Å²) in [6.45, 7) is 5.26. The minimum Gasteiger partial charge on any atom is -0.484 e. The Morgan fingerprint density at radius 3 is 2.88 bits per heavy atom. The van der Waals surface area contributed by atoms with Crippen LogP contribution >= 0.6 is 11.3 Å². The van der Waals surface area contributed by atoms with Gasteiger partial charge in [0.15, 0.2) is 5.13 Å². The van der Waals surface area contributed by atoms with E-state index in [1.54, 1.807) is 0 Å². The molecule has 1 aromatic heterocycles. The van der Waals surface area contributed by atoms with E-state index >= 15 is 0 Å². The summed E-state index contributed by atoms with van der Waals surface area (Å²) < 4.78 is 11.1. The normalized spacial score (nSPS) is 16.5. The first-order chi connectivity index (χ1) is 11.7. The topological polar surface area (TPSA) is 63.7 Å². The summed E-state index contributed by atoms with van der Waals surface area (Å²) in [5.41, 5.74) is 0.811. The maximum atomic E-state index is 12.1. The predicted octanol–water partition coefficient (Wildman–Crippen LogP) is 2.55. The quantitative estimate of drug-likeness (QED) is 0.870. The molecule has 2 heterocycles. The number of aromatic nitrogens is 1. The average Bonchev–Trinajstić information content (AvgIpc) is 3.05. The number of ether oxygens (including phenoxy) is 2. The Bertz CT molecular complexity index is 656. The minimum atomic E-state index is -0.173. The number of morpholine rings is 1. The van der Waals surface area contributed by atoms with Crippen LogP contribution in [0.5, 0.6) is 5.75 Å². The molecule has 1 unspecified atom stereocenters. The predicted molar refractivity (Wildman–Crippen MR) is 93.5 cm³/mol. The van der Waals surface area contributed by atoms with Crippen LogP contribution in [0.15, 0.2) is 35.7 Å². The number of amides is 1. The van der Waals surface area contributed by atoms with Gasteiger partial charge in [-0.1, -0.05) is 18.2 Å². The largest absolute Gasteiger partial charge is 0.484 e. The van der Waals surface area contributed by atoms with Gasteiger partial charge < -0.3 is 14.8 Å². The smallest absolute Gasteiger partial charge is 0.240 e. The molecule has 0 radical (unpaired) electrons. The Morgan fingerprint density at radius 1 is 1.38 bits per heavy atom. The molecule has 2 aromatic rings. The highest BCUT2D eigenvalue weighted by Crippen LogP contribution is 2.25. The van der Waals surface area contributed by atoms with Gasteiger partial charge in [0.25, 0.3) is 0 Å². The Kier molecular flexibility index (Phi) is 5.79. The van der Waals surface area contributed by atoms with Crippen molar-refractivity contribution < 1.29 is 14.3 Å². The van der Waals surface area contributed by atoms with Gasteiger partial charge in [0.1, 0.15) is 11.9 Å². The first-order valence-corrected chi connectivity index (χ1v) is 8.86. The van der Waals surface area contributed by atoms with Crippen LogP contribution in [0, 0.1) is 0 Å². The van der Waals surface area contributed by atoms with Crippen LogP contribution in [0.4, 0.5) is 5.13 Å². The van der Waals surface area contributed by atoms with E-state index in [0.717, 1.165) is 24.5 Å². The molecule has 1 N–H and O–H groups in total. The molecule has 1 aromatic carbocycles. The average molecular weight is 347 g/mol. The second kappa shape index (κ2) is 8.23. The lowest BCUT2D eigenvalue weighted by Crippen LogP contribution is -2.41. The van der Waals surface area contributed by atoms with Crippen LogP contribution in [0.1, 0.15) is 18.7 Å². The number of thiazole rings is 1. The summed E-state index contributed by atoms with van der Waals surface area (Å²) in [5, 5.41) is 5.38. The first-order valence-electron chi connectivity index (χ1n) is 7.98. The van der Waals surface area contributed by atoms with Gasteiger partial charge in [0.05, 0.1) is 25.5 Å². The second-order valence-electron chi connectivity index (χ2n) is 5.59. The molecule has 0 bridgehead atoms. The Balaban J connectivity index is 1.52. The van der Waals surface area contributed by atoms with Crippen molar-refractivity contribution in [2.75, 3.05) is 38.2 Å². The van der Waals surface area contributed by atoms with Crippen molar-refractivity contribution >= 4 is 22.4 Å². The van der Waals surface area contributed by atoms with Crippen LogP contribution < -0.4 is 10.1 Å². The van der Waals surface area contributed by atoms with E-state index in [-0.39, 0.29) is 12.0 Å². The van der Waals surface area contributed by atoms with Crippen molar-refractivity contribution in [3.63, 3.8) is 0 Å². The van der Waals surface area contributed by atoms with Crippen molar-refractivity contribution in [3.8, 4) is 5.75 Å². The molecule has 128 valence electrons. The molecule has 0 saturated carbocycles. The molecular weight excluding hydrogens is 326 g/mol. The number of carbonyl (C=O) groups is 1. The molecule has 1 atom stereocenters. The Morgan fingerprint density at radius 2 is 2.12 bits per heavy atom. The fourth-order valence-corrected chi connectivity index (χ4v) is 3.22. The number of hydrogen-bond acceptors (Lipinski definition) is 6. The third-order valence-corrected chi connectivity index (χ3v) is 4.49. The first kappa shape index (κ1) is 16.9. The van der Waals surface area contributed by atoms with Crippen LogP contribution in [0.2, 0.25) is 0 Å². The maximum absolute atomic E-state index is 12.1. The molecule has 1 amide bonds. The second-order valence-corrected chi connectivity index (χ2v) is 6.45. The number of anilines is 1. The van der Waals surface area contributed by atoms with Gasteiger partial charge in [-0.05, 0) is 19.1 Å². The van der Waals surface area contributed by atoms with Gasteiger partial charge in [-0.3, -0.25) is 9.69 Å². The third-order valence-electron chi connectivity index (χ3n) is 3.71.